The van der Waals surface area contributed by atoms with Gasteiger partial charge in [-0.1, -0.05) is 54.1 Å². The molecule has 4 nitrogen and oxygen atoms in total. The molecule has 0 aliphatic carbocycles. The SMILES string of the molecule is Cc1nn(Cc2ccccc2)c(Cl)c1/C=C/C(=O)c1cccc(C#N)c1. The topological polar surface area (TPSA) is 58.7 Å². The van der Waals surface area contributed by atoms with Crippen molar-refractivity contribution in [2.24, 2.45) is 0 Å². The van der Waals surface area contributed by atoms with E-state index in [1.54, 1.807) is 35.0 Å². The van der Waals surface area contributed by atoms with Gasteiger partial charge in [-0.3, -0.25) is 4.79 Å². The summed E-state index contributed by atoms with van der Waals surface area (Å²) in [4.78, 5) is 12.3. The Morgan fingerprint density at radius 3 is 2.73 bits per heavy atom. The van der Waals surface area contributed by atoms with Crippen LogP contribution < -0.4 is 0 Å². The van der Waals surface area contributed by atoms with Crippen LogP contribution in [0.15, 0.2) is 60.7 Å². The Morgan fingerprint density at radius 1 is 1.23 bits per heavy atom. The van der Waals surface area contributed by atoms with Gasteiger partial charge in [-0.2, -0.15) is 10.4 Å². The van der Waals surface area contributed by atoms with Crippen LogP contribution in [0.5, 0.6) is 0 Å². The van der Waals surface area contributed by atoms with Crippen molar-refractivity contribution < 1.29 is 4.79 Å². The molecule has 0 N–H and O–H groups in total. The molecule has 0 saturated carbocycles. The summed E-state index contributed by atoms with van der Waals surface area (Å²) in [5.74, 6) is -0.187. The number of halogens is 1. The first kappa shape index (κ1) is 17.7. The molecule has 3 aromatic rings. The lowest BCUT2D eigenvalue weighted by atomic mass is 10.1. The third kappa shape index (κ3) is 3.90. The number of benzene rings is 2. The number of rotatable bonds is 5. The van der Waals surface area contributed by atoms with Crippen molar-refractivity contribution in [3.05, 3.63) is 93.8 Å². The molecule has 5 heteroatoms. The molecule has 0 atom stereocenters. The lowest BCUT2D eigenvalue weighted by Gasteiger charge is -2.03. The summed E-state index contributed by atoms with van der Waals surface area (Å²) in [7, 11) is 0. The molecule has 1 heterocycles. The number of hydrogen-bond donors (Lipinski definition) is 0. The maximum Gasteiger partial charge on any atom is 0.185 e. The smallest absolute Gasteiger partial charge is 0.185 e. The van der Waals surface area contributed by atoms with Gasteiger partial charge >= 0.3 is 0 Å². The minimum atomic E-state index is -0.187. The maximum atomic E-state index is 12.3. The molecule has 0 fully saturated rings. The highest BCUT2D eigenvalue weighted by atomic mass is 35.5. The first-order valence-corrected chi connectivity index (χ1v) is 8.45. The number of carbonyl (C=O) groups is 1. The van der Waals surface area contributed by atoms with E-state index in [4.69, 9.17) is 16.9 Å². The summed E-state index contributed by atoms with van der Waals surface area (Å²) in [5, 5.41) is 13.9. The largest absolute Gasteiger partial charge is 0.289 e. The van der Waals surface area contributed by atoms with Crippen LogP contribution in [0.25, 0.3) is 6.08 Å². The zero-order valence-electron chi connectivity index (χ0n) is 14.2. The Balaban J connectivity index is 1.82. The minimum Gasteiger partial charge on any atom is -0.289 e. The lowest BCUT2D eigenvalue weighted by Crippen LogP contribution is -2.01. The van der Waals surface area contributed by atoms with E-state index in [2.05, 4.69) is 5.10 Å². The van der Waals surface area contributed by atoms with Crippen molar-refractivity contribution in [2.45, 2.75) is 13.5 Å². The van der Waals surface area contributed by atoms with E-state index in [9.17, 15) is 4.79 Å². The van der Waals surface area contributed by atoms with E-state index in [-0.39, 0.29) is 5.78 Å². The predicted octanol–water partition coefficient (Wildman–Crippen LogP) is 4.66. The summed E-state index contributed by atoms with van der Waals surface area (Å²) in [6.45, 7) is 2.42. The van der Waals surface area contributed by atoms with Crippen LogP contribution in [-0.4, -0.2) is 15.6 Å². The molecular weight excluding hydrogens is 346 g/mol. The molecule has 128 valence electrons. The van der Waals surface area contributed by atoms with Crippen LogP contribution in [-0.2, 0) is 6.54 Å². The Morgan fingerprint density at radius 2 is 2.00 bits per heavy atom. The Labute approximate surface area is 157 Å². The number of hydrogen-bond acceptors (Lipinski definition) is 3. The number of aryl methyl sites for hydroxylation is 1. The van der Waals surface area contributed by atoms with E-state index < -0.39 is 0 Å². The maximum absolute atomic E-state index is 12.3. The first-order valence-electron chi connectivity index (χ1n) is 8.08. The highest BCUT2D eigenvalue weighted by Crippen LogP contribution is 2.22. The van der Waals surface area contributed by atoms with Crippen LogP contribution in [0.4, 0.5) is 0 Å². The van der Waals surface area contributed by atoms with Crippen molar-refractivity contribution in [3.63, 3.8) is 0 Å². The van der Waals surface area contributed by atoms with Crippen molar-refractivity contribution in [3.8, 4) is 6.07 Å². The van der Waals surface area contributed by atoms with E-state index in [0.717, 1.165) is 11.3 Å². The fraction of sp³-hybridized carbons (Fsp3) is 0.0952. The van der Waals surface area contributed by atoms with E-state index >= 15 is 0 Å². The van der Waals surface area contributed by atoms with Crippen molar-refractivity contribution in [1.82, 2.24) is 9.78 Å². The van der Waals surface area contributed by atoms with E-state index in [0.29, 0.717) is 28.4 Å². The second kappa shape index (κ2) is 7.81. The Kier molecular flexibility index (Phi) is 5.31. The number of ketones is 1. The zero-order valence-corrected chi connectivity index (χ0v) is 14.9. The van der Waals surface area contributed by atoms with Crippen LogP contribution in [0, 0.1) is 18.3 Å². The van der Waals surface area contributed by atoms with Gasteiger partial charge in [0.2, 0.25) is 0 Å². The molecule has 0 saturated heterocycles. The van der Waals surface area contributed by atoms with Crippen molar-refractivity contribution >= 4 is 23.5 Å². The first-order chi connectivity index (χ1) is 12.6. The second-order valence-electron chi connectivity index (χ2n) is 5.82. The number of nitrogens with zero attached hydrogens (tertiary/aromatic N) is 3. The normalized spacial score (nSPS) is 10.8. The standard InChI is InChI=1S/C21H16ClN3O/c1-15-19(10-11-20(26)18-9-5-8-17(12-18)13-23)21(22)25(24-15)14-16-6-3-2-4-7-16/h2-12H,14H2,1H3/b11-10+. The van der Waals surface area contributed by atoms with Gasteiger partial charge in [0.25, 0.3) is 0 Å². The third-order valence-corrected chi connectivity index (χ3v) is 4.36. The summed E-state index contributed by atoms with van der Waals surface area (Å²) in [5.41, 5.74) is 3.48. The Bertz CT molecular complexity index is 1010. The van der Waals surface area contributed by atoms with Crippen molar-refractivity contribution in [2.75, 3.05) is 0 Å². The van der Waals surface area contributed by atoms with Gasteiger partial charge in [-0.05, 0) is 36.8 Å². The number of allylic oxidation sites excluding steroid dienone is 1. The van der Waals surface area contributed by atoms with Gasteiger partial charge < -0.3 is 0 Å². The fourth-order valence-corrected chi connectivity index (χ4v) is 2.91. The molecule has 26 heavy (non-hydrogen) atoms. The second-order valence-corrected chi connectivity index (χ2v) is 6.18. The van der Waals surface area contributed by atoms with Crippen LogP contribution in [0.3, 0.4) is 0 Å². The Hall–Kier alpha value is -3.16. The zero-order chi connectivity index (χ0) is 18.5. The third-order valence-electron chi connectivity index (χ3n) is 3.96. The van der Waals surface area contributed by atoms with Gasteiger partial charge in [0, 0.05) is 11.1 Å². The summed E-state index contributed by atoms with van der Waals surface area (Å²) in [6.07, 6.45) is 3.13. The molecule has 0 aliphatic heterocycles. The molecule has 1 aromatic heterocycles. The highest BCUT2D eigenvalue weighted by Gasteiger charge is 2.12. The molecular formula is C21H16ClN3O. The molecule has 0 unspecified atom stereocenters. The van der Waals surface area contributed by atoms with Gasteiger partial charge in [-0.15, -0.1) is 0 Å². The molecule has 0 amide bonds. The monoisotopic (exact) mass is 361 g/mol. The number of aromatic nitrogens is 2. The van der Waals surface area contributed by atoms with Gasteiger partial charge in [0.15, 0.2) is 5.78 Å². The predicted molar refractivity (Wildman–Crippen MR) is 102 cm³/mol. The molecule has 2 aromatic carbocycles. The average Bonchev–Trinajstić information content (AvgIpc) is 2.93. The fourth-order valence-electron chi connectivity index (χ4n) is 2.61. The van der Waals surface area contributed by atoms with Gasteiger partial charge in [0.05, 0.1) is 23.9 Å². The highest BCUT2D eigenvalue weighted by molar-refractivity contribution is 6.31. The van der Waals surface area contributed by atoms with Gasteiger partial charge in [0.1, 0.15) is 5.15 Å². The molecule has 0 aliphatic rings. The van der Waals surface area contributed by atoms with E-state index in [1.807, 2.05) is 43.3 Å². The van der Waals surface area contributed by atoms with Crippen LogP contribution in [0.1, 0.15) is 32.7 Å². The molecule has 0 radical (unpaired) electrons. The lowest BCUT2D eigenvalue weighted by molar-refractivity contribution is 0.104. The van der Waals surface area contributed by atoms with Crippen LogP contribution in [0.2, 0.25) is 5.15 Å². The van der Waals surface area contributed by atoms with E-state index in [1.165, 1.54) is 6.08 Å². The quantitative estimate of drug-likeness (QED) is 0.490. The molecule has 0 bridgehead atoms. The van der Waals surface area contributed by atoms with Gasteiger partial charge in [-0.25, -0.2) is 4.68 Å². The summed E-state index contributed by atoms with van der Waals surface area (Å²) >= 11 is 6.45. The average molecular weight is 362 g/mol. The minimum absolute atomic E-state index is 0.187. The van der Waals surface area contributed by atoms with Crippen LogP contribution >= 0.6 is 11.6 Å². The number of carbonyl (C=O) groups excluding carboxylic acids is 1. The summed E-state index contributed by atoms with van der Waals surface area (Å²) < 4.78 is 1.71. The number of nitriles is 1. The molecule has 0 spiro atoms. The summed E-state index contributed by atoms with van der Waals surface area (Å²) in [6, 6.07) is 18.5. The molecule has 3 rings (SSSR count). The van der Waals surface area contributed by atoms with Crippen molar-refractivity contribution in [1.29, 1.82) is 5.26 Å².